The van der Waals surface area contributed by atoms with E-state index in [0.29, 0.717) is 11.9 Å². The first kappa shape index (κ1) is 12.0. The number of methoxy groups -OCH3 is 1. The molecule has 1 aliphatic rings. The molecular formula is C12H17N3O2S. The first-order valence-corrected chi connectivity index (χ1v) is 7.01. The van der Waals surface area contributed by atoms with Crippen LogP contribution >= 0.6 is 11.3 Å². The fourth-order valence-corrected chi connectivity index (χ4v) is 3.09. The Labute approximate surface area is 110 Å². The molecule has 0 bridgehead atoms. The molecule has 98 valence electrons. The largest absolute Gasteiger partial charge is 0.480 e. The Hall–Kier alpha value is -1.11. The summed E-state index contributed by atoms with van der Waals surface area (Å²) in [4.78, 5) is 5.42. The van der Waals surface area contributed by atoms with Gasteiger partial charge in [0.2, 0.25) is 5.88 Å². The quantitative estimate of drug-likeness (QED) is 0.915. The van der Waals surface area contributed by atoms with Gasteiger partial charge in [0.15, 0.2) is 4.96 Å². The predicted molar refractivity (Wildman–Crippen MR) is 70.3 cm³/mol. The smallest absolute Gasteiger partial charge is 0.237 e. The number of ether oxygens (including phenoxy) is 2. The van der Waals surface area contributed by atoms with Crippen LogP contribution in [0.1, 0.15) is 19.0 Å². The average molecular weight is 267 g/mol. The first-order chi connectivity index (χ1) is 8.79. The Kier molecular flexibility index (Phi) is 3.23. The number of rotatable bonds is 4. The van der Waals surface area contributed by atoms with Gasteiger partial charge in [0.1, 0.15) is 5.69 Å². The zero-order valence-electron chi connectivity index (χ0n) is 10.5. The molecule has 3 rings (SSSR count). The van der Waals surface area contributed by atoms with Gasteiger partial charge in [-0.05, 0) is 13.3 Å². The van der Waals surface area contributed by atoms with E-state index in [0.717, 1.165) is 30.2 Å². The van der Waals surface area contributed by atoms with Crippen LogP contribution in [-0.4, -0.2) is 35.2 Å². The van der Waals surface area contributed by atoms with E-state index in [4.69, 9.17) is 9.47 Å². The van der Waals surface area contributed by atoms with Crippen LogP contribution in [0.25, 0.3) is 4.96 Å². The van der Waals surface area contributed by atoms with Crippen molar-refractivity contribution in [2.45, 2.75) is 32.0 Å². The Morgan fingerprint density at radius 2 is 2.56 bits per heavy atom. The molecule has 2 atom stereocenters. The van der Waals surface area contributed by atoms with E-state index in [9.17, 15) is 0 Å². The van der Waals surface area contributed by atoms with Gasteiger partial charge >= 0.3 is 0 Å². The summed E-state index contributed by atoms with van der Waals surface area (Å²) in [7, 11) is 1.66. The summed E-state index contributed by atoms with van der Waals surface area (Å²) in [5.41, 5.74) is 1.08. The third-order valence-corrected chi connectivity index (χ3v) is 4.18. The van der Waals surface area contributed by atoms with E-state index in [1.165, 1.54) is 0 Å². The Bertz CT molecular complexity index is 536. The van der Waals surface area contributed by atoms with E-state index in [1.54, 1.807) is 18.4 Å². The van der Waals surface area contributed by atoms with E-state index in [-0.39, 0.29) is 6.10 Å². The highest BCUT2D eigenvalue weighted by molar-refractivity contribution is 7.15. The Morgan fingerprint density at radius 3 is 3.28 bits per heavy atom. The lowest BCUT2D eigenvalue weighted by atomic mass is 10.1. The SMILES string of the molecule is COc1nc2sccn2c1CNC1CCOC1C. The molecule has 2 aromatic rings. The van der Waals surface area contributed by atoms with Crippen molar-refractivity contribution >= 4 is 16.3 Å². The van der Waals surface area contributed by atoms with Crippen LogP contribution < -0.4 is 10.1 Å². The number of aromatic nitrogens is 2. The molecule has 3 heterocycles. The van der Waals surface area contributed by atoms with Crippen molar-refractivity contribution in [2.75, 3.05) is 13.7 Å². The topological polar surface area (TPSA) is 47.8 Å². The van der Waals surface area contributed by atoms with Crippen LogP contribution in [0.4, 0.5) is 0 Å². The lowest BCUT2D eigenvalue weighted by Gasteiger charge is -2.15. The molecule has 2 unspecified atom stereocenters. The molecule has 0 radical (unpaired) electrons. The third kappa shape index (κ3) is 2.00. The summed E-state index contributed by atoms with van der Waals surface area (Å²) >= 11 is 1.62. The summed E-state index contributed by atoms with van der Waals surface area (Å²) in [6, 6.07) is 0.416. The van der Waals surface area contributed by atoms with Crippen molar-refractivity contribution in [3.8, 4) is 5.88 Å². The van der Waals surface area contributed by atoms with Crippen molar-refractivity contribution in [3.05, 3.63) is 17.3 Å². The third-order valence-electron chi connectivity index (χ3n) is 3.43. The maximum atomic E-state index is 5.55. The maximum Gasteiger partial charge on any atom is 0.237 e. The fraction of sp³-hybridized carbons (Fsp3) is 0.583. The van der Waals surface area contributed by atoms with Gasteiger partial charge in [-0.1, -0.05) is 0 Å². The zero-order valence-corrected chi connectivity index (χ0v) is 11.4. The summed E-state index contributed by atoms with van der Waals surface area (Å²) in [6.07, 6.45) is 3.37. The van der Waals surface area contributed by atoms with Crippen LogP contribution in [0.5, 0.6) is 5.88 Å². The minimum absolute atomic E-state index is 0.280. The molecule has 2 aromatic heterocycles. The first-order valence-electron chi connectivity index (χ1n) is 6.13. The van der Waals surface area contributed by atoms with Crippen molar-refractivity contribution in [2.24, 2.45) is 0 Å². The van der Waals surface area contributed by atoms with Crippen LogP contribution in [0.15, 0.2) is 11.6 Å². The van der Waals surface area contributed by atoms with E-state index < -0.39 is 0 Å². The van der Waals surface area contributed by atoms with Crippen LogP contribution in [-0.2, 0) is 11.3 Å². The van der Waals surface area contributed by atoms with Gasteiger partial charge in [0, 0.05) is 30.8 Å². The molecule has 0 aromatic carbocycles. The number of nitrogens with zero attached hydrogens (tertiary/aromatic N) is 2. The number of imidazole rings is 1. The lowest BCUT2D eigenvalue weighted by molar-refractivity contribution is 0.113. The molecule has 0 spiro atoms. The van der Waals surface area contributed by atoms with Crippen molar-refractivity contribution in [3.63, 3.8) is 0 Å². The summed E-state index contributed by atoms with van der Waals surface area (Å²) < 4.78 is 13.0. The van der Waals surface area contributed by atoms with Gasteiger partial charge in [-0.25, -0.2) is 0 Å². The van der Waals surface area contributed by atoms with Crippen molar-refractivity contribution in [1.82, 2.24) is 14.7 Å². The zero-order chi connectivity index (χ0) is 12.5. The van der Waals surface area contributed by atoms with Crippen LogP contribution in [0, 0.1) is 0 Å². The number of thiazole rings is 1. The number of nitrogens with one attached hydrogen (secondary N) is 1. The summed E-state index contributed by atoms with van der Waals surface area (Å²) in [6.45, 7) is 3.70. The number of fused-ring (bicyclic) bond motifs is 1. The highest BCUT2D eigenvalue weighted by Gasteiger charge is 2.24. The van der Waals surface area contributed by atoms with Crippen LogP contribution in [0.3, 0.4) is 0 Å². The normalized spacial score (nSPS) is 23.9. The average Bonchev–Trinajstić information content (AvgIpc) is 3.02. The van der Waals surface area contributed by atoms with Gasteiger partial charge in [0.05, 0.1) is 13.2 Å². The minimum Gasteiger partial charge on any atom is -0.480 e. The molecule has 6 heteroatoms. The molecule has 1 N–H and O–H groups in total. The van der Waals surface area contributed by atoms with Gasteiger partial charge in [0.25, 0.3) is 0 Å². The molecule has 18 heavy (non-hydrogen) atoms. The van der Waals surface area contributed by atoms with Crippen molar-refractivity contribution < 1.29 is 9.47 Å². The maximum absolute atomic E-state index is 5.55. The monoisotopic (exact) mass is 267 g/mol. The molecule has 1 aliphatic heterocycles. The highest BCUT2D eigenvalue weighted by atomic mass is 32.1. The molecular weight excluding hydrogens is 250 g/mol. The summed E-state index contributed by atoms with van der Waals surface area (Å²) in [5.74, 6) is 0.709. The van der Waals surface area contributed by atoms with Gasteiger partial charge < -0.3 is 14.8 Å². The minimum atomic E-state index is 0.280. The molecule has 1 saturated heterocycles. The van der Waals surface area contributed by atoms with Gasteiger partial charge in [-0.2, -0.15) is 4.98 Å². The number of hydrogen-bond donors (Lipinski definition) is 1. The second kappa shape index (κ2) is 4.87. The lowest BCUT2D eigenvalue weighted by Crippen LogP contribution is -2.34. The standard InChI is InChI=1S/C12H17N3O2S/c1-8-9(3-5-17-8)13-7-10-11(16-2)14-12-15(10)4-6-18-12/h4,6,8-9,13H,3,5,7H2,1-2H3. The van der Waals surface area contributed by atoms with Crippen molar-refractivity contribution in [1.29, 1.82) is 0 Å². The van der Waals surface area contributed by atoms with E-state index in [2.05, 4.69) is 21.6 Å². The molecule has 1 fully saturated rings. The summed E-state index contributed by atoms with van der Waals surface area (Å²) in [5, 5.41) is 5.56. The fourth-order valence-electron chi connectivity index (χ4n) is 2.36. The highest BCUT2D eigenvalue weighted by Crippen LogP contribution is 2.23. The van der Waals surface area contributed by atoms with E-state index in [1.807, 2.05) is 11.6 Å². The second-order valence-corrected chi connectivity index (χ2v) is 5.35. The van der Waals surface area contributed by atoms with E-state index >= 15 is 0 Å². The predicted octanol–water partition coefficient (Wildman–Crippen LogP) is 1.67. The molecule has 0 amide bonds. The Morgan fingerprint density at radius 1 is 1.67 bits per heavy atom. The molecule has 5 nitrogen and oxygen atoms in total. The molecule has 0 aliphatic carbocycles. The van der Waals surface area contributed by atoms with Gasteiger partial charge in [-0.3, -0.25) is 4.40 Å². The van der Waals surface area contributed by atoms with Crippen LogP contribution in [0.2, 0.25) is 0 Å². The molecule has 0 saturated carbocycles. The van der Waals surface area contributed by atoms with Gasteiger partial charge in [-0.15, -0.1) is 11.3 Å². The Balaban J connectivity index is 1.78. The number of hydrogen-bond acceptors (Lipinski definition) is 5. The second-order valence-electron chi connectivity index (χ2n) is 4.48.